The largest absolute Gasteiger partial charge is 0.496 e. The van der Waals surface area contributed by atoms with Crippen molar-refractivity contribution in [3.8, 4) is 17.2 Å². The molecule has 0 aromatic heterocycles. The van der Waals surface area contributed by atoms with Crippen LogP contribution in [0.15, 0.2) is 30.3 Å². The number of nitrogens with one attached hydrogen (secondary N) is 1. The summed E-state index contributed by atoms with van der Waals surface area (Å²) < 4.78 is 16.6. The summed E-state index contributed by atoms with van der Waals surface area (Å²) >= 11 is 0. The molecule has 0 spiro atoms. The summed E-state index contributed by atoms with van der Waals surface area (Å²) in [4.78, 5) is 24.2. The van der Waals surface area contributed by atoms with Crippen LogP contribution < -0.4 is 20.5 Å². The lowest BCUT2D eigenvalue weighted by Crippen LogP contribution is -2.28. The number of primary amides is 1. The summed E-state index contributed by atoms with van der Waals surface area (Å²) in [5, 5.41) is 2.56. The smallest absolute Gasteiger partial charge is 0.412 e. The fourth-order valence-electron chi connectivity index (χ4n) is 2.69. The molecular weight excluding hydrogens is 360 g/mol. The number of hydrogen-bond donors (Lipinski definition) is 2. The Morgan fingerprint density at radius 2 is 1.71 bits per heavy atom. The zero-order valence-electron chi connectivity index (χ0n) is 17.0. The summed E-state index contributed by atoms with van der Waals surface area (Å²) in [5.74, 6) is 0.695. The molecule has 0 heterocycles. The van der Waals surface area contributed by atoms with Gasteiger partial charge >= 0.3 is 6.09 Å². The number of carbonyl (C=O) groups excluding carboxylic acids is 2. The van der Waals surface area contributed by atoms with Gasteiger partial charge in [0.1, 0.15) is 28.4 Å². The number of nitrogens with two attached hydrogens (primary N) is 1. The van der Waals surface area contributed by atoms with Crippen LogP contribution in [0, 0.1) is 13.8 Å². The van der Waals surface area contributed by atoms with E-state index in [-0.39, 0.29) is 17.0 Å². The number of amides is 2. The van der Waals surface area contributed by atoms with E-state index >= 15 is 0 Å². The van der Waals surface area contributed by atoms with Crippen LogP contribution in [0.5, 0.6) is 17.2 Å². The standard InChI is InChI=1S/C21H26N2O5/c1-12-10-11-15(26-6)13(2)18(12)27-16-9-7-8-14(17(16)19(22)24)23-20(25)28-21(3,4)5/h7-11H,1-6H3,(H2,22,24)(H,23,25). The van der Waals surface area contributed by atoms with Crippen LogP contribution in [-0.2, 0) is 4.74 Å². The third kappa shape index (κ3) is 4.94. The van der Waals surface area contributed by atoms with E-state index in [2.05, 4.69) is 5.32 Å². The Hall–Kier alpha value is -3.22. The topological polar surface area (TPSA) is 99.9 Å². The second kappa shape index (κ2) is 8.21. The molecule has 0 fully saturated rings. The molecule has 0 aliphatic heterocycles. The number of methoxy groups -OCH3 is 1. The summed E-state index contributed by atoms with van der Waals surface area (Å²) in [6.45, 7) is 8.97. The Bertz CT molecular complexity index is 900. The first-order valence-electron chi connectivity index (χ1n) is 8.78. The second-order valence-corrected chi connectivity index (χ2v) is 7.31. The van der Waals surface area contributed by atoms with Gasteiger partial charge in [-0.3, -0.25) is 10.1 Å². The predicted octanol–water partition coefficient (Wildman–Crippen LogP) is 4.55. The lowest BCUT2D eigenvalue weighted by atomic mass is 10.1. The average Bonchev–Trinajstić information content (AvgIpc) is 2.56. The van der Waals surface area contributed by atoms with E-state index in [1.165, 1.54) is 0 Å². The lowest BCUT2D eigenvalue weighted by molar-refractivity contribution is 0.0636. The van der Waals surface area contributed by atoms with Crippen LogP contribution in [0.2, 0.25) is 0 Å². The Morgan fingerprint density at radius 1 is 1.04 bits per heavy atom. The fraction of sp³-hybridized carbons (Fsp3) is 0.333. The minimum absolute atomic E-state index is 0.0509. The summed E-state index contributed by atoms with van der Waals surface area (Å²) in [6.07, 6.45) is -0.694. The van der Waals surface area contributed by atoms with Gasteiger partial charge in [0.15, 0.2) is 0 Å². The number of benzene rings is 2. The van der Waals surface area contributed by atoms with Crippen LogP contribution >= 0.6 is 0 Å². The highest BCUT2D eigenvalue weighted by molar-refractivity contribution is 6.04. The van der Waals surface area contributed by atoms with Crippen molar-refractivity contribution >= 4 is 17.7 Å². The lowest BCUT2D eigenvalue weighted by Gasteiger charge is -2.21. The molecule has 2 rings (SSSR count). The maximum atomic E-state index is 12.1. The Morgan fingerprint density at radius 3 is 2.29 bits per heavy atom. The van der Waals surface area contributed by atoms with Gasteiger partial charge in [-0.25, -0.2) is 4.79 Å². The van der Waals surface area contributed by atoms with Crippen LogP contribution in [0.1, 0.15) is 42.3 Å². The number of carbonyl (C=O) groups is 2. The molecule has 3 N–H and O–H groups in total. The van der Waals surface area contributed by atoms with Crippen molar-refractivity contribution in [1.82, 2.24) is 0 Å². The highest BCUT2D eigenvalue weighted by Crippen LogP contribution is 2.37. The molecule has 0 saturated carbocycles. The summed E-state index contributed by atoms with van der Waals surface area (Å²) in [6, 6.07) is 8.51. The number of aryl methyl sites for hydroxylation is 1. The Labute approximate surface area is 164 Å². The molecule has 0 atom stereocenters. The Balaban J connectivity index is 2.44. The van der Waals surface area contributed by atoms with Crippen molar-refractivity contribution < 1.29 is 23.8 Å². The van der Waals surface area contributed by atoms with E-state index in [0.29, 0.717) is 11.5 Å². The van der Waals surface area contributed by atoms with Crippen molar-refractivity contribution in [2.24, 2.45) is 5.73 Å². The maximum Gasteiger partial charge on any atom is 0.412 e. The third-order valence-electron chi connectivity index (χ3n) is 3.89. The van der Waals surface area contributed by atoms with Crippen molar-refractivity contribution in [2.45, 2.75) is 40.2 Å². The number of ether oxygens (including phenoxy) is 3. The number of rotatable bonds is 5. The van der Waals surface area contributed by atoms with Gasteiger partial charge in [-0.1, -0.05) is 12.1 Å². The van der Waals surface area contributed by atoms with Gasteiger partial charge in [-0.15, -0.1) is 0 Å². The fourth-order valence-corrected chi connectivity index (χ4v) is 2.69. The van der Waals surface area contributed by atoms with Gasteiger partial charge in [-0.2, -0.15) is 0 Å². The van der Waals surface area contributed by atoms with E-state index in [1.54, 1.807) is 46.1 Å². The minimum Gasteiger partial charge on any atom is -0.496 e. The third-order valence-corrected chi connectivity index (χ3v) is 3.89. The first kappa shape index (κ1) is 21.1. The first-order valence-corrected chi connectivity index (χ1v) is 8.78. The second-order valence-electron chi connectivity index (χ2n) is 7.31. The molecule has 0 aliphatic rings. The Kier molecular flexibility index (Phi) is 6.18. The minimum atomic E-state index is -0.736. The molecule has 2 aromatic carbocycles. The zero-order chi connectivity index (χ0) is 21.1. The SMILES string of the molecule is COc1ccc(C)c(Oc2cccc(NC(=O)OC(C)(C)C)c2C(N)=O)c1C. The van der Waals surface area contributed by atoms with Crippen molar-refractivity contribution in [3.63, 3.8) is 0 Å². The molecule has 7 heteroatoms. The molecule has 0 unspecified atom stereocenters. The van der Waals surface area contributed by atoms with Crippen molar-refractivity contribution in [1.29, 1.82) is 0 Å². The van der Waals surface area contributed by atoms with E-state index in [4.69, 9.17) is 19.9 Å². The maximum absolute atomic E-state index is 12.1. The molecule has 0 bridgehead atoms. The van der Waals surface area contributed by atoms with E-state index in [0.717, 1.165) is 11.1 Å². The quantitative estimate of drug-likeness (QED) is 0.785. The zero-order valence-corrected chi connectivity index (χ0v) is 17.0. The molecule has 0 saturated heterocycles. The predicted molar refractivity (Wildman–Crippen MR) is 107 cm³/mol. The van der Waals surface area contributed by atoms with Gasteiger partial charge in [-0.05, 0) is 58.4 Å². The molecule has 28 heavy (non-hydrogen) atoms. The van der Waals surface area contributed by atoms with Crippen LogP contribution in [0.25, 0.3) is 0 Å². The van der Waals surface area contributed by atoms with Crippen molar-refractivity contribution in [2.75, 3.05) is 12.4 Å². The number of hydrogen-bond acceptors (Lipinski definition) is 5. The normalized spacial score (nSPS) is 10.9. The highest BCUT2D eigenvalue weighted by atomic mass is 16.6. The van der Waals surface area contributed by atoms with Gasteiger partial charge in [0.25, 0.3) is 5.91 Å². The molecule has 7 nitrogen and oxygen atoms in total. The van der Waals surface area contributed by atoms with E-state index in [1.807, 2.05) is 26.0 Å². The first-order chi connectivity index (χ1) is 13.0. The van der Waals surface area contributed by atoms with Crippen molar-refractivity contribution in [3.05, 3.63) is 47.0 Å². The molecule has 2 amide bonds. The molecule has 0 aliphatic carbocycles. The molecule has 0 radical (unpaired) electrons. The monoisotopic (exact) mass is 386 g/mol. The molecular formula is C21H26N2O5. The van der Waals surface area contributed by atoms with Crippen LogP contribution in [0.4, 0.5) is 10.5 Å². The van der Waals surface area contributed by atoms with Gasteiger partial charge < -0.3 is 19.9 Å². The van der Waals surface area contributed by atoms with Gasteiger partial charge in [0, 0.05) is 5.56 Å². The summed E-state index contributed by atoms with van der Waals surface area (Å²) in [7, 11) is 1.57. The summed E-state index contributed by atoms with van der Waals surface area (Å²) in [5.41, 5.74) is 6.79. The van der Waals surface area contributed by atoms with Gasteiger partial charge in [0.05, 0.1) is 12.8 Å². The van der Waals surface area contributed by atoms with Gasteiger partial charge in [0.2, 0.25) is 0 Å². The number of anilines is 1. The van der Waals surface area contributed by atoms with E-state index in [9.17, 15) is 9.59 Å². The molecule has 2 aromatic rings. The van der Waals surface area contributed by atoms with Crippen LogP contribution in [0.3, 0.4) is 0 Å². The highest BCUT2D eigenvalue weighted by Gasteiger charge is 2.22. The average molecular weight is 386 g/mol. The van der Waals surface area contributed by atoms with Crippen LogP contribution in [-0.4, -0.2) is 24.7 Å². The van der Waals surface area contributed by atoms with E-state index < -0.39 is 17.6 Å². The molecule has 150 valence electrons.